The lowest BCUT2D eigenvalue weighted by Gasteiger charge is -1.91. The minimum absolute atomic E-state index is 0. The summed E-state index contributed by atoms with van der Waals surface area (Å²) in [5.41, 5.74) is 7.51. The van der Waals surface area contributed by atoms with Crippen LogP contribution in [-0.2, 0) is 0 Å². The van der Waals surface area contributed by atoms with Crippen LogP contribution < -0.4 is 11.2 Å². The second-order valence-corrected chi connectivity index (χ2v) is 1.91. The zero-order chi connectivity index (χ0) is 5.98. The van der Waals surface area contributed by atoms with E-state index < -0.39 is 0 Å². The summed E-state index contributed by atoms with van der Waals surface area (Å²) >= 11 is 0. The Bertz CT molecular complexity index is 173. The molecule has 9 heavy (non-hydrogen) atoms. The van der Waals surface area contributed by atoms with Crippen LogP contribution in [0.2, 0.25) is 0 Å². The molecule has 1 aromatic rings. The van der Waals surface area contributed by atoms with Crippen molar-refractivity contribution in [2.75, 3.05) is 5.73 Å². The SMILES string of the molecule is Bc1cccc(N)c1.Cl. The summed E-state index contributed by atoms with van der Waals surface area (Å²) in [4.78, 5) is 0. The van der Waals surface area contributed by atoms with E-state index in [-0.39, 0.29) is 12.4 Å². The number of hydrogen-bond donors (Lipinski definition) is 1. The fraction of sp³-hybridized carbons (Fsp3) is 0. The Morgan fingerprint density at radius 3 is 2.33 bits per heavy atom. The van der Waals surface area contributed by atoms with E-state index in [1.54, 1.807) is 0 Å². The van der Waals surface area contributed by atoms with Crippen molar-refractivity contribution in [3.8, 4) is 0 Å². The van der Waals surface area contributed by atoms with Gasteiger partial charge in [0.2, 0.25) is 0 Å². The van der Waals surface area contributed by atoms with Gasteiger partial charge < -0.3 is 5.73 Å². The van der Waals surface area contributed by atoms with Crippen molar-refractivity contribution >= 4 is 31.4 Å². The van der Waals surface area contributed by atoms with Crippen molar-refractivity contribution in [3.05, 3.63) is 24.3 Å². The van der Waals surface area contributed by atoms with Gasteiger partial charge in [-0.25, -0.2) is 0 Å². The Balaban J connectivity index is 0.000000640. The summed E-state index contributed by atoms with van der Waals surface area (Å²) in [7, 11) is 2.02. The van der Waals surface area contributed by atoms with E-state index in [4.69, 9.17) is 5.73 Å². The molecular weight excluding hydrogens is 132 g/mol. The first-order valence-corrected chi connectivity index (χ1v) is 2.61. The molecule has 0 unspecified atom stereocenters. The van der Waals surface area contributed by atoms with Crippen molar-refractivity contribution in [1.29, 1.82) is 0 Å². The van der Waals surface area contributed by atoms with Crippen LogP contribution in [-0.4, -0.2) is 7.85 Å². The summed E-state index contributed by atoms with van der Waals surface area (Å²) in [6.45, 7) is 0. The first-order valence-electron chi connectivity index (χ1n) is 2.61. The average molecular weight is 141 g/mol. The monoisotopic (exact) mass is 141 g/mol. The molecule has 1 rings (SSSR count). The van der Waals surface area contributed by atoms with Gasteiger partial charge in [-0.05, 0) is 12.1 Å². The Labute approximate surface area is 62.1 Å². The van der Waals surface area contributed by atoms with Crippen molar-refractivity contribution in [1.82, 2.24) is 0 Å². The Morgan fingerprint density at radius 1 is 1.33 bits per heavy atom. The molecule has 0 heterocycles. The fourth-order valence-corrected chi connectivity index (χ4v) is 0.670. The number of nitrogen functional groups attached to an aromatic ring is 1. The van der Waals surface area contributed by atoms with Crippen LogP contribution in [0.3, 0.4) is 0 Å². The highest BCUT2D eigenvalue weighted by atomic mass is 35.5. The standard InChI is InChI=1S/C6H8BN.ClH/c7-5-2-1-3-6(8)4-5;/h1-4H,7-8H2;1H. The number of halogens is 1. The zero-order valence-electron chi connectivity index (χ0n) is 5.29. The van der Waals surface area contributed by atoms with Gasteiger partial charge in [-0.2, -0.15) is 0 Å². The van der Waals surface area contributed by atoms with Gasteiger partial charge in [0.1, 0.15) is 7.85 Å². The van der Waals surface area contributed by atoms with Crippen LogP contribution in [0.5, 0.6) is 0 Å². The highest BCUT2D eigenvalue weighted by molar-refractivity contribution is 6.32. The third-order valence-electron chi connectivity index (χ3n) is 1.04. The van der Waals surface area contributed by atoms with Crippen LogP contribution in [0, 0.1) is 0 Å². The quantitative estimate of drug-likeness (QED) is 0.398. The Morgan fingerprint density at radius 2 is 2.00 bits per heavy atom. The predicted octanol–water partition coefficient (Wildman–Crippen LogP) is -0.0510. The molecule has 0 bridgehead atoms. The van der Waals surface area contributed by atoms with Gasteiger partial charge >= 0.3 is 0 Å². The van der Waals surface area contributed by atoms with E-state index in [0.717, 1.165) is 5.69 Å². The first-order chi connectivity index (χ1) is 3.79. The minimum atomic E-state index is 0. The molecule has 0 saturated heterocycles. The van der Waals surface area contributed by atoms with Gasteiger partial charge in [-0.1, -0.05) is 17.6 Å². The molecule has 0 aliphatic carbocycles. The second kappa shape index (κ2) is 3.41. The molecule has 0 spiro atoms. The van der Waals surface area contributed by atoms with Crippen molar-refractivity contribution in [2.24, 2.45) is 0 Å². The summed E-state index contributed by atoms with van der Waals surface area (Å²) < 4.78 is 0. The first kappa shape index (κ1) is 8.37. The molecule has 2 N–H and O–H groups in total. The number of benzene rings is 1. The maximum atomic E-state index is 5.46. The largest absolute Gasteiger partial charge is 0.399 e. The second-order valence-electron chi connectivity index (χ2n) is 1.91. The van der Waals surface area contributed by atoms with Crippen LogP contribution in [0.4, 0.5) is 5.69 Å². The van der Waals surface area contributed by atoms with Gasteiger partial charge in [0.05, 0.1) is 0 Å². The van der Waals surface area contributed by atoms with Gasteiger partial charge in [-0.3, -0.25) is 0 Å². The van der Waals surface area contributed by atoms with Crippen LogP contribution >= 0.6 is 12.4 Å². The molecule has 1 nitrogen and oxygen atoms in total. The number of nitrogens with two attached hydrogens (primary N) is 1. The molecule has 0 radical (unpaired) electrons. The fourth-order valence-electron chi connectivity index (χ4n) is 0.670. The van der Waals surface area contributed by atoms with E-state index in [1.807, 2.05) is 32.1 Å². The smallest absolute Gasteiger partial charge is 0.139 e. The number of hydrogen-bond acceptors (Lipinski definition) is 1. The topological polar surface area (TPSA) is 26.0 Å². The lowest BCUT2D eigenvalue weighted by Crippen LogP contribution is -2.01. The van der Waals surface area contributed by atoms with E-state index in [0.29, 0.717) is 0 Å². The molecule has 0 aliphatic heterocycles. The van der Waals surface area contributed by atoms with Gasteiger partial charge in [0, 0.05) is 5.69 Å². The molecule has 0 saturated carbocycles. The minimum Gasteiger partial charge on any atom is -0.399 e. The van der Waals surface area contributed by atoms with Crippen molar-refractivity contribution < 1.29 is 0 Å². The lowest BCUT2D eigenvalue weighted by molar-refractivity contribution is 1.73. The molecule has 48 valence electrons. The highest BCUT2D eigenvalue weighted by Gasteiger charge is 1.81. The molecule has 0 fully saturated rings. The highest BCUT2D eigenvalue weighted by Crippen LogP contribution is 1.93. The lowest BCUT2D eigenvalue weighted by atomic mass is 9.96. The van der Waals surface area contributed by atoms with E-state index in [9.17, 15) is 0 Å². The summed E-state index contributed by atoms with van der Waals surface area (Å²) in [5, 5.41) is 0. The molecule has 0 atom stereocenters. The van der Waals surface area contributed by atoms with Crippen LogP contribution in [0.25, 0.3) is 0 Å². The van der Waals surface area contributed by atoms with Gasteiger partial charge in [0.25, 0.3) is 0 Å². The number of rotatable bonds is 0. The zero-order valence-corrected chi connectivity index (χ0v) is 6.11. The van der Waals surface area contributed by atoms with Gasteiger partial charge in [-0.15, -0.1) is 12.4 Å². The van der Waals surface area contributed by atoms with Crippen molar-refractivity contribution in [2.45, 2.75) is 0 Å². The normalized spacial score (nSPS) is 8.00. The van der Waals surface area contributed by atoms with Gasteiger partial charge in [0.15, 0.2) is 0 Å². The molecule has 3 heteroatoms. The molecule has 1 aromatic carbocycles. The Hall–Kier alpha value is -0.625. The predicted molar refractivity (Wildman–Crippen MR) is 46.3 cm³/mol. The molecular formula is C6H9BClN. The molecule has 0 amide bonds. The van der Waals surface area contributed by atoms with Crippen molar-refractivity contribution in [3.63, 3.8) is 0 Å². The maximum absolute atomic E-state index is 5.46. The van der Waals surface area contributed by atoms with E-state index in [2.05, 4.69) is 0 Å². The third kappa shape index (κ3) is 2.42. The average Bonchev–Trinajstić information content (AvgIpc) is 1.64. The molecule has 0 aliphatic rings. The van der Waals surface area contributed by atoms with E-state index >= 15 is 0 Å². The summed E-state index contributed by atoms with van der Waals surface area (Å²) in [6.07, 6.45) is 0. The van der Waals surface area contributed by atoms with Crippen LogP contribution in [0.1, 0.15) is 0 Å². The molecule has 0 aromatic heterocycles. The maximum Gasteiger partial charge on any atom is 0.139 e. The summed E-state index contributed by atoms with van der Waals surface area (Å²) in [6, 6.07) is 7.80. The van der Waals surface area contributed by atoms with Crippen LogP contribution in [0.15, 0.2) is 24.3 Å². The summed E-state index contributed by atoms with van der Waals surface area (Å²) in [5.74, 6) is 0. The number of anilines is 1. The third-order valence-corrected chi connectivity index (χ3v) is 1.04. The van der Waals surface area contributed by atoms with E-state index in [1.165, 1.54) is 5.46 Å². The Kier molecular flexibility index (Phi) is 3.17.